The van der Waals surface area contributed by atoms with E-state index < -0.39 is 10.0 Å². The summed E-state index contributed by atoms with van der Waals surface area (Å²) in [5.74, 6) is 1.07. The van der Waals surface area contributed by atoms with E-state index in [4.69, 9.17) is 9.47 Å². The fourth-order valence-electron chi connectivity index (χ4n) is 2.75. The van der Waals surface area contributed by atoms with Gasteiger partial charge in [0.05, 0.1) is 26.2 Å². The number of carbonyl (C=O) groups is 1. The van der Waals surface area contributed by atoms with Crippen molar-refractivity contribution in [2.75, 3.05) is 37.9 Å². The zero-order valence-electron chi connectivity index (χ0n) is 16.3. The van der Waals surface area contributed by atoms with E-state index in [-0.39, 0.29) is 12.5 Å². The van der Waals surface area contributed by atoms with E-state index in [2.05, 4.69) is 5.32 Å². The summed E-state index contributed by atoms with van der Waals surface area (Å²) in [6, 6.07) is 14.2. The second-order valence-electron chi connectivity index (χ2n) is 6.23. The standard InChI is InChI=1S/C20H26N2O5S/c1-26-18-12-10-17(11-13-18)22(28(3,24)25)15-20(23)21-14-6-8-16-7-4-5-9-19(16)27-2/h4-5,7,9-13H,6,8,14-15H2,1-3H3,(H,21,23). The Morgan fingerprint density at radius 2 is 1.71 bits per heavy atom. The Morgan fingerprint density at radius 3 is 2.32 bits per heavy atom. The first-order chi connectivity index (χ1) is 13.3. The number of ether oxygens (including phenoxy) is 2. The molecule has 0 aliphatic rings. The van der Waals surface area contributed by atoms with Crippen LogP contribution in [0, 0.1) is 0 Å². The van der Waals surface area contributed by atoms with Crippen molar-refractivity contribution in [2.45, 2.75) is 12.8 Å². The fraction of sp³-hybridized carbons (Fsp3) is 0.350. The number of carbonyl (C=O) groups excluding carboxylic acids is 1. The molecule has 2 rings (SSSR count). The average Bonchev–Trinajstić information content (AvgIpc) is 2.69. The Labute approximate surface area is 166 Å². The topological polar surface area (TPSA) is 84.9 Å². The lowest BCUT2D eigenvalue weighted by Crippen LogP contribution is -2.40. The van der Waals surface area contributed by atoms with Crippen molar-refractivity contribution in [3.8, 4) is 11.5 Å². The van der Waals surface area contributed by atoms with Crippen LogP contribution in [-0.4, -0.2) is 47.9 Å². The van der Waals surface area contributed by atoms with E-state index >= 15 is 0 Å². The fourth-order valence-corrected chi connectivity index (χ4v) is 3.61. The van der Waals surface area contributed by atoms with Gasteiger partial charge in [-0.05, 0) is 48.7 Å². The molecule has 0 unspecified atom stereocenters. The van der Waals surface area contributed by atoms with Gasteiger partial charge in [-0.25, -0.2) is 8.42 Å². The second-order valence-corrected chi connectivity index (χ2v) is 8.14. The highest BCUT2D eigenvalue weighted by Crippen LogP contribution is 2.21. The number of amides is 1. The van der Waals surface area contributed by atoms with Crippen molar-refractivity contribution in [1.82, 2.24) is 5.32 Å². The van der Waals surface area contributed by atoms with Crippen molar-refractivity contribution >= 4 is 21.6 Å². The summed E-state index contributed by atoms with van der Waals surface area (Å²) in [6.07, 6.45) is 2.54. The molecular weight excluding hydrogens is 380 g/mol. The van der Waals surface area contributed by atoms with E-state index in [1.54, 1.807) is 31.4 Å². The molecule has 0 spiro atoms. The Balaban J connectivity index is 1.91. The molecule has 0 aliphatic heterocycles. The largest absolute Gasteiger partial charge is 0.497 e. The zero-order valence-corrected chi connectivity index (χ0v) is 17.2. The number of anilines is 1. The van der Waals surface area contributed by atoms with Crippen LogP contribution in [0.5, 0.6) is 11.5 Å². The molecule has 152 valence electrons. The predicted octanol–water partition coefficient (Wildman–Crippen LogP) is 2.22. The van der Waals surface area contributed by atoms with Gasteiger partial charge in [0.25, 0.3) is 0 Å². The first-order valence-electron chi connectivity index (χ1n) is 8.85. The van der Waals surface area contributed by atoms with E-state index in [9.17, 15) is 13.2 Å². The van der Waals surface area contributed by atoms with Crippen molar-refractivity contribution in [1.29, 1.82) is 0 Å². The molecule has 2 aromatic rings. The minimum absolute atomic E-state index is 0.278. The summed E-state index contributed by atoms with van der Waals surface area (Å²) in [5.41, 5.74) is 1.47. The molecule has 0 atom stereocenters. The Hall–Kier alpha value is -2.74. The van der Waals surface area contributed by atoms with Gasteiger partial charge in [-0.3, -0.25) is 9.10 Å². The average molecular weight is 407 g/mol. The van der Waals surface area contributed by atoms with Gasteiger partial charge in [0, 0.05) is 6.54 Å². The lowest BCUT2D eigenvalue weighted by molar-refractivity contribution is -0.119. The monoisotopic (exact) mass is 406 g/mol. The normalized spacial score (nSPS) is 11.0. The van der Waals surface area contributed by atoms with Gasteiger partial charge in [-0.15, -0.1) is 0 Å². The smallest absolute Gasteiger partial charge is 0.240 e. The second kappa shape index (κ2) is 9.98. The Kier molecular flexibility index (Phi) is 7.69. The quantitative estimate of drug-likeness (QED) is 0.612. The van der Waals surface area contributed by atoms with E-state index in [1.807, 2.05) is 24.3 Å². The molecule has 0 heterocycles. The van der Waals surface area contributed by atoms with Crippen LogP contribution in [0.15, 0.2) is 48.5 Å². The van der Waals surface area contributed by atoms with Crippen LogP contribution >= 0.6 is 0 Å². The van der Waals surface area contributed by atoms with Gasteiger partial charge in [0.2, 0.25) is 15.9 Å². The van der Waals surface area contributed by atoms with E-state index in [0.29, 0.717) is 24.4 Å². The number of hydrogen-bond donors (Lipinski definition) is 1. The minimum Gasteiger partial charge on any atom is -0.497 e. The zero-order chi connectivity index (χ0) is 20.6. The highest BCUT2D eigenvalue weighted by molar-refractivity contribution is 7.92. The van der Waals surface area contributed by atoms with Crippen LogP contribution in [-0.2, 0) is 21.2 Å². The molecule has 1 N–H and O–H groups in total. The van der Waals surface area contributed by atoms with Crippen LogP contribution in [0.4, 0.5) is 5.69 Å². The minimum atomic E-state index is -3.60. The number of methoxy groups -OCH3 is 2. The molecule has 0 saturated carbocycles. The number of nitrogens with zero attached hydrogens (tertiary/aromatic N) is 1. The number of nitrogens with one attached hydrogen (secondary N) is 1. The van der Waals surface area contributed by atoms with Crippen molar-refractivity contribution in [3.05, 3.63) is 54.1 Å². The lowest BCUT2D eigenvalue weighted by atomic mass is 10.1. The number of benzene rings is 2. The van der Waals surface area contributed by atoms with Crippen LogP contribution in [0.1, 0.15) is 12.0 Å². The van der Waals surface area contributed by atoms with Gasteiger partial charge in [-0.1, -0.05) is 18.2 Å². The number of aryl methyl sites for hydroxylation is 1. The molecule has 0 fully saturated rings. The number of hydrogen-bond acceptors (Lipinski definition) is 5. The van der Waals surface area contributed by atoms with Crippen molar-refractivity contribution in [2.24, 2.45) is 0 Å². The van der Waals surface area contributed by atoms with Gasteiger partial charge in [0.15, 0.2) is 0 Å². The Bertz CT molecular complexity index is 882. The maximum absolute atomic E-state index is 12.3. The summed E-state index contributed by atoms with van der Waals surface area (Å²) in [4.78, 5) is 12.3. The first kappa shape index (κ1) is 21.6. The number of sulfonamides is 1. The molecular formula is C20H26N2O5S. The lowest BCUT2D eigenvalue weighted by Gasteiger charge is -2.22. The predicted molar refractivity (Wildman–Crippen MR) is 110 cm³/mol. The summed E-state index contributed by atoms with van der Waals surface area (Å²) in [7, 11) is -0.446. The highest BCUT2D eigenvalue weighted by Gasteiger charge is 2.20. The highest BCUT2D eigenvalue weighted by atomic mass is 32.2. The van der Waals surface area contributed by atoms with Gasteiger partial charge in [-0.2, -0.15) is 0 Å². The summed E-state index contributed by atoms with van der Waals surface area (Å²) >= 11 is 0. The summed E-state index contributed by atoms with van der Waals surface area (Å²) in [6.45, 7) is 0.164. The first-order valence-corrected chi connectivity index (χ1v) is 10.7. The Morgan fingerprint density at radius 1 is 1.04 bits per heavy atom. The molecule has 0 saturated heterocycles. The third kappa shape index (κ3) is 6.16. The van der Waals surface area contributed by atoms with Crippen molar-refractivity contribution < 1.29 is 22.7 Å². The summed E-state index contributed by atoms with van der Waals surface area (Å²) in [5, 5.41) is 2.77. The van der Waals surface area contributed by atoms with Gasteiger partial charge >= 0.3 is 0 Å². The van der Waals surface area contributed by atoms with Crippen LogP contribution < -0.4 is 19.1 Å². The molecule has 8 heteroatoms. The van der Waals surface area contributed by atoms with Crippen molar-refractivity contribution in [3.63, 3.8) is 0 Å². The molecule has 2 aromatic carbocycles. The van der Waals surface area contributed by atoms with Gasteiger partial charge in [0.1, 0.15) is 18.0 Å². The molecule has 1 amide bonds. The van der Waals surface area contributed by atoms with E-state index in [1.165, 1.54) is 7.11 Å². The molecule has 28 heavy (non-hydrogen) atoms. The third-order valence-electron chi connectivity index (χ3n) is 4.19. The molecule has 0 bridgehead atoms. The molecule has 0 radical (unpaired) electrons. The van der Waals surface area contributed by atoms with Crippen LogP contribution in [0.25, 0.3) is 0 Å². The van der Waals surface area contributed by atoms with Gasteiger partial charge < -0.3 is 14.8 Å². The molecule has 7 nitrogen and oxygen atoms in total. The SMILES string of the molecule is COc1ccc(N(CC(=O)NCCCc2ccccc2OC)S(C)(=O)=O)cc1. The van der Waals surface area contributed by atoms with Crippen LogP contribution in [0.3, 0.4) is 0 Å². The number of para-hydroxylation sites is 1. The third-order valence-corrected chi connectivity index (χ3v) is 5.33. The maximum atomic E-state index is 12.3. The maximum Gasteiger partial charge on any atom is 0.240 e. The summed E-state index contributed by atoms with van der Waals surface area (Å²) < 4.78 is 35.7. The molecule has 0 aromatic heterocycles. The van der Waals surface area contributed by atoms with E-state index in [0.717, 1.165) is 28.3 Å². The molecule has 0 aliphatic carbocycles. The number of rotatable bonds is 10. The van der Waals surface area contributed by atoms with Crippen LogP contribution in [0.2, 0.25) is 0 Å².